The second kappa shape index (κ2) is 8.60. The van der Waals surface area contributed by atoms with Crippen molar-refractivity contribution in [2.24, 2.45) is 0 Å². The van der Waals surface area contributed by atoms with Gasteiger partial charge in [-0.1, -0.05) is 42.5 Å². The molecule has 0 bridgehead atoms. The molecule has 31 heavy (non-hydrogen) atoms. The number of amides is 1. The van der Waals surface area contributed by atoms with Gasteiger partial charge in [0.05, 0.1) is 12.8 Å². The molecule has 0 spiro atoms. The fourth-order valence-electron chi connectivity index (χ4n) is 3.67. The van der Waals surface area contributed by atoms with Crippen molar-refractivity contribution in [1.29, 1.82) is 0 Å². The number of ether oxygens (including phenoxy) is 2. The first-order valence-electron chi connectivity index (χ1n) is 10.2. The molecule has 2 N–H and O–H groups in total. The Balaban J connectivity index is 1.49. The van der Waals surface area contributed by atoms with E-state index in [1.165, 1.54) is 0 Å². The van der Waals surface area contributed by atoms with Crippen molar-refractivity contribution < 1.29 is 18.7 Å². The van der Waals surface area contributed by atoms with Crippen LogP contribution in [0.1, 0.15) is 36.9 Å². The van der Waals surface area contributed by atoms with Crippen molar-refractivity contribution in [1.82, 2.24) is 10.6 Å². The Hall–Kier alpha value is -3.67. The van der Waals surface area contributed by atoms with Gasteiger partial charge in [-0.15, -0.1) is 0 Å². The Morgan fingerprint density at radius 2 is 1.87 bits per heavy atom. The van der Waals surface area contributed by atoms with Crippen molar-refractivity contribution in [3.8, 4) is 5.75 Å². The van der Waals surface area contributed by atoms with E-state index in [0.717, 1.165) is 33.6 Å². The molecule has 2 heterocycles. The molecule has 0 aliphatic carbocycles. The minimum absolute atomic E-state index is 0.236. The third kappa shape index (κ3) is 4.14. The molecule has 1 aromatic heterocycles. The van der Waals surface area contributed by atoms with Gasteiger partial charge in [0.25, 0.3) is 5.91 Å². The van der Waals surface area contributed by atoms with Gasteiger partial charge in [0, 0.05) is 5.39 Å². The number of furan rings is 1. The van der Waals surface area contributed by atoms with Gasteiger partial charge in [-0.05, 0) is 49.6 Å². The lowest BCUT2D eigenvalue weighted by molar-refractivity contribution is 0.0910. The average molecular weight is 418 g/mol. The summed E-state index contributed by atoms with van der Waals surface area (Å²) in [7, 11) is 1.58. The minimum Gasteiger partial charge on any atom is -0.493 e. The molecule has 0 saturated heterocycles. The molecule has 4 rings (SSSR count). The van der Waals surface area contributed by atoms with Crippen molar-refractivity contribution in [2.45, 2.75) is 33.5 Å². The molecule has 0 fully saturated rings. The summed E-state index contributed by atoms with van der Waals surface area (Å²) in [5.41, 5.74) is 4.52. The van der Waals surface area contributed by atoms with Gasteiger partial charge >= 0.3 is 0 Å². The van der Waals surface area contributed by atoms with Crippen LogP contribution in [-0.2, 0) is 11.3 Å². The maximum absolute atomic E-state index is 12.9. The number of hydrogen-bond donors (Lipinski definition) is 2. The molecule has 0 radical (unpaired) electrons. The maximum atomic E-state index is 12.9. The van der Waals surface area contributed by atoms with Gasteiger partial charge < -0.3 is 24.5 Å². The van der Waals surface area contributed by atoms with Crippen molar-refractivity contribution in [3.63, 3.8) is 0 Å². The summed E-state index contributed by atoms with van der Waals surface area (Å²) in [6.07, 6.45) is -0.355. The van der Waals surface area contributed by atoms with Gasteiger partial charge in [0.1, 0.15) is 18.5 Å². The van der Waals surface area contributed by atoms with E-state index in [0.29, 0.717) is 17.9 Å². The average Bonchev–Trinajstić information content (AvgIpc) is 3.22. The molecule has 160 valence electrons. The quantitative estimate of drug-likeness (QED) is 0.597. The molecule has 6 heteroatoms. The second-order valence-corrected chi connectivity index (χ2v) is 7.58. The molecule has 2 aromatic carbocycles. The number of dihydropyridines is 1. The number of nitrogens with one attached hydrogen (secondary N) is 2. The van der Waals surface area contributed by atoms with E-state index in [1.54, 1.807) is 19.2 Å². The molecule has 1 amide bonds. The van der Waals surface area contributed by atoms with Crippen LogP contribution in [0.15, 0.2) is 81.6 Å². The number of hydrogen-bond acceptors (Lipinski definition) is 5. The highest BCUT2D eigenvalue weighted by atomic mass is 16.5. The highest BCUT2D eigenvalue weighted by Gasteiger charge is 2.26. The minimum atomic E-state index is -0.355. The number of rotatable bonds is 6. The first kappa shape index (κ1) is 20.6. The van der Waals surface area contributed by atoms with E-state index in [-0.39, 0.29) is 17.8 Å². The molecule has 0 saturated carbocycles. The van der Waals surface area contributed by atoms with Crippen LogP contribution in [0.25, 0.3) is 11.0 Å². The van der Waals surface area contributed by atoms with Crippen LogP contribution in [0.5, 0.6) is 5.75 Å². The Bertz CT molecular complexity index is 1170. The van der Waals surface area contributed by atoms with Crippen LogP contribution >= 0.6 is 0 Å². The Labute approximate surface area is 181 Å². The van der Waals surface area contributed by atoms with E-state index in [1.807, 2.05) is 63.2 Å². The van der Waals surface area contributed by atoms with Gasteiger partial charge in [-0.25, -0.2) is 0 Å². The molecule has 6 nitrogen and oxygen atoms in total. The van der Waals surface area contributed by atoms with Crippen LogP contribution in [-0.4, -0.2) is 19.2 Å². The first-order chi connectivity index (χ1) is 15.0. The Morgan fingerprint density at radius 3 is 2.61 bits per heavy atom. The lowest BCUT2D eigenvalue weighted by Crippen LogP contribution is -2.47. The van der Waals surface area contributed by atoms with Gasteiger partial charge in [0.15, 0.2) is 17.1 Å². The van der Waals surface area contributed by atoms with E-state index in [4.69, 9.17) is 13.9 Å². The summed E-state index contributed by atoms with van der Waals surface area (Å²) in [5, 5.41) is 7.16. The van der Waals surface area contributed by atoms with Crippen LogP contribution in [0.3, 0.4) is 0 Å². The molecular weight excluding hydrogens is 392 g/mol. The van der Waals surface area contributed by atoms with E-state index in [9.17, 15) is 4.79 Å². The highest BCUT2D eigenvalue weighted by molar-refractivity contribution is 5.97. The number of methoxy groups -OCH3 is 1. The van der Waals surface area contributed by atoms with E-state index >= 15 is 0 Å². The number of allylic oxidation sites excluding steroid dienone is 2. The Morgan fingerprint density at radius 1 is 1.10 bits per heavy atom. The standard InChI is InChI=1S/C25H26N2O4/c1-15-16(2)24(26-17(3)22(15)30-14-18-9-6-5-7-10-18)27-25(28)21-13-19-11-8-12-20(29-4)23(19)31-21/h5-13,24,26H,14H2,1-4H3,(H,27,28). The van der Waals surface area contributed by atoms with Gasteiger partial charge in [-0.2, -0.15) is 0 Å². The monoisotopic (exact) mass is 418 g/mol. The maximum Gasteiger partial charge on any atom is 0.288 e. The van der Waals surface area contributed by atoms with Crippen LogP contribution in [0.2, 0.25) is 0 Å². The summed E-state index contributed by atoms with van der Waals surface area (Å²) in [4.78, 5) is 12.9. The largest absolute Gasteiger partial charge is 0.493 e. The van der Waals surface area contributed by atoms with Crippen molar-refractivity contribution in [3.05, 3.63) is 88.5 Å². The zero-order valence-corrected chi connectivity index (χ0v) is 18.1. The zero-order chi connectivity index (χ0) is 22.0. The summed E-state index contributed by atoms with van der Waals surface area (Å²) in [6, 6.07) is 17.3. The highest BCUT2D eigenvalue weighted by Crippen LogP contribution is 2.29. The molecular formula is C25H26N2O4. The predicted molar refractivity (Wildman–Crippen MR) is 119 cm³/mol. The van der Waals surface area contributed by atoms with Crippen molar-refractivity contribution >= 4 is 16.9 Å². The lowest BCUT2D eigenvalue weighted by atomic mass is 10.0. The van der Waals surface area contributed by atoms with Gasteiger partial charge in [0.2, 0.25) is 0 Å². The molecule has 1 aliphatic heterocycles. The number of fused-ring (bicyclic) bond motifs is 1. The normalized spacial score (nSPS) is 16.3. The third-order valence-corrected chi connectivity index (χ3v) is 5.52. The first-order valence-corrected chi connectivity index (χ1v) is 10.2. The fraction of sp³-hybridized carbons (Fsp3) is 0.240. The SMILES string of the molecule is COc1cccc2cc(C(=O)NC3NC(C)=C(OCc4ccccc4)C(C)=C3C)oc12. The Kier molecular flexibility index (Phi) is 5.71. The van der Waals surface area contributed by atoms with Crippen LogP contribution < -0.4 is 15.4 Å². The summed E-state index contributed by atoms with van der Waals surface area (Å²) < 4.78 is 17.2. The number of para-hydroxylation sites is 1. The van der Waals surface area contributed by atoms with Gasteiger partial charge in [-0.3, -0.25) is 4.79 Å². The number of carbonyl (C=O) groups excluding carboxylic acids is 1. The smallest absolute Gasteiger partial charge is 0.288 e. The number of benzene rings is 2. The second-order valence-electron chi connectivity index (χ2n) is 7.58. The van der Waals surface area contributed by atoms with Crippen LogP contribution in [0, 0.1) is 0 Å². The fourth-order valence-corrected chi connectivity index (χ4v) is 3.67. The van der Waals surface area contributed by atoms with Crippen molar-refractivity contribution in [2.75, 3.05) is 7.11 Å². The molecule has 1 atom stereocenters. The predicted octanol–water partition coefficient (Wildman–Crippen LogP) is 4.89. The van der Waals surface area contributed by atoms with E-state index in [2.05, 4.69) is 10.6 Å². The number of carbonyl (C=O) groups is 1. The topological polar surface area (TPSA) is 72.7 Å². The third-order valence-electron chi connectivity index (χ3n) is 5.52. The zero-order valence-electron chi connectivity index (χ0n) is 18.1. The summed E-state index contributed by atoms with van der Waals surface area (Å²) in [5.74, 6) is 1.34. The summed E-state index contributed by atoms with van der Waals surface area (Å²) in [6.45, 7) is 6.41. The van der Waals surface area contributed by atoms with Crippen LogP contribution in [0.4, 0.5) is 0 Å². The lowest BCUT2D eigenvalue weighted by Gasteiger charge is -2.30. The molecule has 3 aromatic rings. The van der Waals surface area contributed by atoms with E-state index < -0.39 is 0 Å². The molecule has 1 unspecified atom stereocenters. The summed E-state index contributed by atoms with van der Waals surface area (Å²) >= 11 is 0. The molecule has 1 aliphatic rings.